The number of methoxy groups -OCH3 is 1. The van der Waals surface area contributed by atoms with Crippen LogP contribution in [0.25, 0.3) is 0 Å². The van der Waals surface area contributed by atoms with Gasteiger partial charge in [0.25, 0.3) is 15.7 Å². The number of nitro groups is 1. The lowest BCUT2D eigenvalue weighted by Crippen LogP contribution is -2.32. The molecule has 0 bridgehead atoms. The van der Waals surface area contributed by atoms with Gasteiger partial charge in [0.15, 0.2) is 0 Å². The summed E-state index contributed by atoms with van der Waals surface area (Å²) in [6.07, 6.45) is 0. The van der Waals surface area contributed by atoms with Crippen LogP contribution in [0.3, 0.4) is 0 Å². The van der Waals surface area contributed by atoms with Crippen molar-refractivity contribution in [1.82, 2.24) is 0 Å². The standard InChI is InChI=1S/C16H16N2O6S/c1-3-17(15-10-5-4-9-14(15)16(19)24-2)25(22,23)13-8-6-7-12(11-13)18(20)21/h4-11H,3H2,1-2H3. The lowest BCUT2D eigenvalue weighted by atomic mass is 10.2. The van der Waals surface area contributed by atoms with Crippen LogP contribution in [0.5, 0.6) is 0 Å². The zero-order valence-electron chi connectivity index (χ0n) is 13.6. The van der Waals surface area contributed by atoms with E-state index in [0.717, 1.165) is 10.4 Å². The summed E-state index contributed by atoms with van der Waals surface area (Å²) in [5.74, 6) is -0.678. The molecule has 0 fully saturated rings. The largest absolute Gasteiger partial charge is 0.465 e. The summed E-state index contributed by atoms with van der Waals surface area (Å²) in [7, 11) is -2.90. The number of anilines is 1. The fourth-order valence-corrected chi connectivity index (χ4v) is 3.86. The molecule has 25 heavy (non-hydrogen) atoms. The van der Waals surface area contributed by atoms with Gasteiger partial charge in [-0.25, -0.2) is 13.2 Å². The van der Waals surface area contributed by atoms with E-state index in [4.69, 9.17) is 4.74 Å². The second kappa shape index (κ2) is 7.31. The molecule has 0 aromatic heterocycles. The van der Waals surface area contributed by atoms with Gasteiger partial charge < -0.3 is 4.74 Å². The van der Waals surface area contributed by atoms with Crippen LogP contribution in [0.1, 0.15) is 17.3 Å². The molecule has 0 atom stereocenters. The number of benzene rings is 2. The number of hydrogen-bond donors (Lipinski definition) is 0. The van der Waals surface area contributed by atoms with E-state index >= 15 is 0 Å². The highest BCUT2D eigenvalue weighted by molar-refractivity contribution is 7.92. The van der Waals surface area contributed by atoms with Crippen molar-refractivity contribution < 1.29 is 22.9 Å². The number of carbonyl (C=O) groups is 1. The Bertz CT molecular complexity index is 910. The Kier molecular flexibility index (Phi) is 5.38. The average molecular weight is 364 g/mol. The molecule has 132 valence electrons. The Balaban J connectivity index is 2.60. The maximum atomic E-state index is 13.0. The van der Waals surface area contributed by atoms with Crippen molar-refractivity contribution in [3.8, 4) is 0 Å². The quantitative estimate of drug-likeness (QED) is 0.443. The molecule has 2 rings (SSSR count). The molecule has 0 amide bonds. The zero-order valence-corrected chi connectivity index (χ0v) is 14.4. The third kappa shape index (κ3) is 3.61. The van der Waals surface area contributed by atoms with Crippen LogP contribution < -0.4 is 4.31 Å². The van der Waals surface area contributed by atoms with Gasteiger partial charge in [0.2, 0.25) is 0 Å². The summed E-state index contributed by atoms with van der Waals surface area (Å²) in [5.41, 5.74) is -0.109. The minimum atomic E-state index is -4.10. The lowest BCUT2D eigenvalue weighted by molar-refractivity contribution is -0.385. The SMILES string of the molecule is CCN(c1ccccc1C(=O)OC)S(=O)(=O)c1cccc([N+](=O)[O-])c1. The Hall–Kier alpha value is -2.94. The number of ether oxygens (including phenoxy) is 1. The summed E-state index contributed by atoms with van der Waals surface area (Å²) in [6, 6.07) is 10.9. The fraction of sp³-hybridized carbons (Fsp3) is 0.188. The highest BCUT2D eigenvalue weighted by Crippen LogP contribution is 2.28. The molecule has 0 unspecified atom stereocenters. The minimum Gasteiger partial charge on any atom is -0.465 e. The van der Waals surface area contributed by atoms with E-state index in [1.807, 2.05) is 0 Å². The number of rotatable bonds is 6. The third-order valence-electron chi connectivity index (χ3n) is 3.48. The Labute approximate surface area is 144 Å². The maximum Gasteiger partial charge on any atom is 0.340 e. The molecule has 0 radical (unpaired) electrons. The van der Waals surface area contributed by atoms with E-state index in [-0.39, 0.29) is 28.4 Å². The summed E-state index contributed by atoms with van der Waals surface area (Å²) in [6.45, 7) is 1.63. The fourth-order valence-electron chi connectivity index (χ4n) is 2.33. The van der Waals surface area contributed by atoms with Crippen molar-refractivity contribution in [2.45, 2.75) is 11.8 Å². The van der Waals surface area contributed by atoms with Crippen LogP contribution in [-0.4, -0.2) is 33.0 Å². The molecule has 0 aliphatic rings. The van der Waals surface area contributed by atoms with Gasteiger partial charge in [0, 0.05) is 18.7 Å². The van der Waals surface area contributed by atoms with Crippen LogP contribution in [-0.2, 0) is 14.8 Å². The Morgan fingerprint density at radius 2 is 1.88 bits per heavy atom. The Morgan fingerprint density at radius 3 is 2.48 bits per heavy atom. The Morgan fingerprint density at radius 1 is 1.20 bits per heavy atom. The average Bonchev–Trinajstić information content (AvgIpc) is 2.62. The number of nitrogens with zero attached hydrogens (tertiary/aromatic N) is 2. The van der Waals surface area contributed by atoms with E-state index in [1.165, 1.54) is 37.4 Å². The predicted octanol–water partition coefficient (Wildman–Crippen LogP) is 2.60. The van der Waals surface area contributed by atoms with Gasteiger partial charge >= 0.3 is 5.97 Å². The monoisotopic (exact) mass is 364 g/mol. The van der Waals surface area contributed by atoms with E-state index in [2.05, 4.69) is 0 Å². The molecule has 2 aromatic carbocycles. The van der Waals surface area contributed by atoms with Crippen LogP contribution in [0.15, 0.2) is 53.4 Å². The lowest BCUT2D eigenvalue weighted by Gasteiger charge is -2.24. The van der Waals surface area contributed by atoms with Crippen molar-refractivity contribution >= 4 is 27.4 Å². The van der Waals surface area contributed by atoms with Gasteiger partial charge in [0.1, 0.15) is 0 Å². The first-order valence-electron chi connectivity index (χ1n) is 7.27. The smallest absolute Gasteiger partial charge is 0.340 e. The number of sulfonamides is 1. The normalized spacial score (nSPS) is 11.0. The molecule has 0 aliphatic heterocycles. The van der Waals surface area contributed by atoms with Gasteiger partial charge in [-0.3, -0.25) is 14.4 Å². The van der Waals surface area contributed by atoms with E-state index in [9.17, 15) is 23.3 Å². The number of carbonyl (C=O) groups excluding carboxylic acids is 1. The van der Waals surface area contributed by atoms with Gasteiger partial charge in [-0.15, -0.1) is 0 Å². The molecule has 9 heteroatoms. The molecule has 0 N–H and O–H groups in total. The molecular formula is C16H16N2O6S. The van der Waals surface area contributed by atoms with Gasteiger partial charge in [-0.2, -0.15) is 0 Å². The van der Waals surface area contributed by atoms with Crippen LogP contribution in [0.4, 0.5) is 11.4 Å². The van der Waals surface area contributed by atoms with Gasteiger partial charge in [-0.1, -0.05) is 18.2 Å². The van der Waals surface area contributed by atoms with Crippen LogP contribution >= 0.6 is 0 Å². The van der Waals surface area contributed by atoms with Crippen molar-refractivity contribution in [2.24, 2.45) is 0 Å². The summed E-state index contributed by atoms with van der Waals surface area (Å²) in [5, 5.41) is 10.9. The second-order valence-electron chi connectivity index (χ2n) is 4.93. The first-order valence-corrected chi connectivity index (χ1v) is 8.71. The molecular weight excluding hydrogens is 348 g/mol. The van der Waals surface area contributed by atoms with E-state index in [0.29, 0.717) is 0 Å². The van der Waals surface area contributed by atoms with E-state index in [1.54, 1.807) is 19.1 Å². The van der Waals surface area contributed by atoms with Crippen LogP contribution in [0, 0.1) is 10.1 Å². The molecule has 0 spiro atoms. The molecule has 2 aromatic rings. The first-order chi connectivity index (χ1) is 11.8. The first kappa shape index (κ1) is 18.4. The second-order valence-corrected chi connectivity index (χ2v) is 6.80. The topological polar surface area (TPSA) is 107 Å². The summed E-state index contributed by atoms with van der Waals surface area (Å²) < 4.78 is 31.6. The molecule has 8 nitrogen and oxygen atoms in total. The molecule has 0 heterocycles. The minimum absolute atomic E-state index is 0.0268. The highest BCUT2D eigenvalue weighted by Gasteiger charge is 2.28. The molecule has 0 saturated heterocycles. The van der Waals surface area contributed by atoms with Crippen molar-refractivity contribution in [1.29, 1.82) is 0 Å². The third-order valence-corrected chi connectivity index (χ3v) is 5.37. The number of nitro benzene ring substituents is 1. The number of hydrogen-bond acceptors (Lipinski definition) is 6. The number of non-ortho nitro benzene ring substituents is 1. The maximum absolute atomic E-state index is 13.0. The summed E-state index contributed by atoms with van der Waals surface area (Å²) in [4.78, 5) is 21.9. The summed E-state index contributed by atoms with van der Waals surface area (Å²) >= 11 is 0. The predicted molar refractivity (Wildman–Crippen MR) is 91.1 cm³/mol. The van der Waals surface area contributed by atoms with Gasteiger partial charge in [0.05, 0.1) is 28.2 Å². The number of para-hydroxylation sites is 1. The molecule has 0 aliphatic carbocycles. The van der Waals surface area contributed by atoms with Crippen molar-refractivity contribution in [2.75, 3.05) is 18.0 Å². The zero-order chi connectivity index (χ0) is 18.6. The van der Waals surface area contributed by atoms with Crippen LogP contribution in [0.2, 0.25) is 0 Å². The van der Waals surface area contributed by atoms with E-state index < -0.39 is 20.9 Å². The van der Waals surface area contributed by atoms with Crippen molar-refractivity contribution in [3.05, 3.63) is 64.2 Å². The van der Waals surface area contributed by atoms with Crippen molar-refractivity contribution in [3.63, 3.8) is 0 Å². The number of esters is 1. The highest BCUT2D eigenvalue weighted by atomic mass is 32.2. The molecule has 0 saturated carbocycles. The van der Waals surface area contributed by atoms with Gasteiger partial charge in [-0.05, 0) is 25.1 Å².